The second-order valence-electron chi connectivity index (χ2n) is 7.62. The summed E-state index contributed by atoms with van der Waals surface area (Å²) in [6, 6.07) is 6.24. The molecule has 0 atom stereocenters. The molecule has 3 fully saturated rings. The summed E-state index contributed by atoms with van der Waals surface area (Å²) in [6.45, 7) is 0.189. The summed E-state index contributed by atoms with van der Waals surface area (Å²) >= 11 is 4.00. The van der Waals surface area contributed by atoms with Gasteiger partial charge in [-0.05, 0) is 79.7 Å². The van der Waals surface area contributed by atoms with Crippen LogP contribution in [0.5, 0.6) is 11.5 Å². The van der Waals surface area contributed by atoms with E-state index in [1.165, 1.54) is 46.1 Å². The molecule has 1 aliphatic heterocycles. The highest BCUT2D eigenvalue weighted by Gasteiger charge is 2.43. The standard InChI is InChI=1S/C21H28O3S2/c1-23-18-8-7-16(11-19(18)24-17-5-2-3-6-17)21(14-22)12-15(13-21)20-25-9-4-10-26-20/h7-8,11,17,22H,2-6,9-10,12-14H2,1H3. The Morgan fingerprint density at radius 2 is 1.81 bits per heavy atom. The van der Waals surface area contributed by atoms with Gasteiger partial charge in [-0.25, -0.2) is 0 Å². The number of allylic oxidation sites excluding steroid dienone is 1. The number of thioether (sulfide) groups is 2. The van der Waals surface area contributed by atoms with E-state index in [0.717, 1.165) is 37.2 Å². The molecular weight excluding hydrogens is 364 g/mol. The number of hydrogen-bond donors (Lipinski definition) is 1. The van der Waals surface area contributed by atoms with Crippen LogP contribution in [0.4, 0.5) is 0 Å². The van der Waals surface area contributed by atoms with Crippen LogP contribution in [-0.4, -0.2) is 36.4 Å². The van der Waals surface area contributed by atoms with E-state index in [4.69, 9.17) is 9.47 Å². The smallest absolute Gasteiger partial charge is 0.161 e. The first-order valence-electron chi connectivity index (χ1n) is 9.68. The summed E-state index contributed by atoms with van der Waals surface area (Å²) in [7, 11) is 1.70. The Morgan fingerprint density at radius 3 is 2.46 bits per heavy atom. The lowest BCUT2D eigenvalue weighted by Gasteiger charge is -2.44. The first-order chi connectivity index (χ1) is 12.7. The molecule has 0 spiro atoms. The Morgan fingerprint density at radius 1 is 1.08 bits per heavy atom. The fourth-order valence-electron chi connectivity index (χ4n) is 4.24. The van der Waals surface area contributed by atoms with Crippen LogP contribution >= 0.6 is 23.5 Å². The topological polar surface area (TPSA) is 38.7 Å². The highest BCUT2D eigenvalue weighted by atomic mass is 32.2. The van der Waals surface area contributed by atoms with E-state index in [1.807, 2.05) is 29.6 Å². The molecule has 2 aliphatic carbocycles. The molecule has 5 heteroatoms. The molecule has 3 nitrogen and oxygen atoms in total. The fourth-order valence-corrected chi connectivity index (χ4v) is 6.90. The summed E-state index contributed by atoms with van der Waals surface area (Å²) in [5.41, 5.74) is 2.56. The van der Waals surface area contributed by atoms with E-state index >= 15 is 0 Å². The molecule has 1 aromatic rings. The van der Waals surface area contributed by atoms with Crippen LogP contribution in [0.1, 0.15) is 50.5 Å². The van der Waals surface area contributed by atoms with Gasteiger partial charge in [0.1, 0.15) is 0 Å². The van der Waals surface area contributed by atoms with Gasteiger partial charge in [-0.1, -0.05) is 6.07 Å². The van der Waals surface area contributed by atoms with E-state index in [2.05, 4.69) is 12.1 Å². The third kappa shape index (κ3) is 3.63. The molecule has 142 valence electrons. The van der Waals surface area contributed by atoms with Crippen molar-refractivity contribution in [1.29, 1.82) is 0 Å². The Bertz CT molecular complexity index is 664. The summed E-state index contributed by atoms with van der Waals surface area (Å²) in [5.74, 6) is 4.11. The van der Waals surface area contributed by atoms with Gasteiger partial charge in [-0.3, -0.25) is 0 Å². The molecule has 1 aromatic carbocycles. The second kappa shape index (κ2) is 8.07. The lowest BCUT2D eigenvalue weighted by atomic mass is 9.62. The number of aliphatic hydroxyl groups is 1. The Hall–Kier alpha value is -0.780. The van der Waals surface area contributed by atoms with Gasteiger partial charge in [0.05, 0.1) is 19.8 Å². The first-order valence-corrected chi connectivity index (χ1v) is 11.6. The van der Waals surface area contributed by atoms with E-state index in [1.54, 1.807) is 7.11 Å². The average Bonchev–Trinajstić information content (AvgIpc) is 3.15. The molecule has 1 saturated heterocycles. The number of hydrogen-bond acceptors (Lipinski definition) is 5. The van der Waals surface area contributed by atoms with Crippen molar-refractivity contribution in [2.45, 2.75) is 56.5 Å². The lowest BCUT2D eigenvalue weighted by Crippen LogP contribution is -2.40. The van der Waals surface area contributed by atoms with Gasteiger partial charge in [0.15, 0.2) is 11.5 Å². The van der Waals surface area contributed by atoms with Crippen molar-refractivity contribution in [2.24, 2.45) is 0 Å². The van der Waals surface area contributed by atoms with Crippen LogP contribution in [0.25, 0.3) is 0 Å². The van der Waals surface area contributed by atoms with Crippen molar-refractivity contribution >= 4 is 23.5 Å². The predicted octanol–water partition coefficient (Wildman–Crippen LogP) is 5.12. The molecule has 26 heavy (non-hydrogen) atoms. The first kappa shape index (κ1) is 18.6. The summed E-state index contributed by atoms with van der Waals surface area (Å²) in [5, 5.41) is 10.2. The zero-order valence-corrected chi connectivity index (χ0v) is 17.1. The molecule has 0 amide bonds. The molecule has 0 unspecified atom stereocenters. The maximum absolute atomic E-state index is 10.2. The average molecular weight is 393 g/mol. The Kier molecular flexibility index (Phi) is 5.77. The summed E-state index contributed by atoms with van der Waals surface area (Å²) < 4.78 is 13.3. The van der Waals surface area contributed by atoms with Crippen LogP contribution < -0.4 is 9.47 Å². The van der Waals surface area contributed by atoms with E-state index < -0.39 is 0 Å². The Balaban J connectivity index is 1.55. The van der Waals surface area contributed by atoms with Gasteiger partial charge < -0.3 is 14.6 Å². The number of methoxy groups -OCH3 is 1. The lowest BCUT2D eigenvalue weighted by molar-refractivity contribution is 0.156. The third-order valence-electron chi connectivity index (χ3n) is 5.82. The van der Waals surface area contributed by atoms with E-state index in [0.29, 0.717) is 6.10 Å². The number of ether oxygens (including phenoxy) is 2. The minimum absolute atomic E-state index is 0.152. The molecule has 1 heterocycles. The van der Waals surface area contributed by atoms with Crippen molar-refractivity contribution < 1.29 is 14.6 Å². The van der Waals surface area contributed by atoms with Gasteiger partial charge in [0.2, 0.25) is 0 Å². The zero-order valence-electron chi connectivity index (χ0n) is 15.5. The molecule has 0 bridgehead atoms. The van der Waals surface area contributed by atoms with Crippen LogP contribution in [0, 0.1) is 0 Å². The van der Waals surface area contributed by atoms with E-state index in [-0.39, 0.29) is 12.0 Å². The fraction of sp³-hybridized carbons (Fsp3) is 0.619. The summed E-state index contributed by atoms with van der Waals surface area (Å²) in [6.07, 6.45) is 8.30. The molecular formula is C21H28O3S2. The van der Waals surface area contributed by atoms with Crippen molar-refractivity contribution in [3.63, 3.8) is 0 Å². The van der Waals surface area contributed by atoms with Crippen molar-refractivity contribution in [2.75, 3.05) is 25.2 Å². The Labute approximate surface area is 164 Å². The van der Waals surface area contributed by atoms with Crippen LogP contribution in [0.3, 0.4) is 0 Å². The monoisotopic (exact) mass is 392 g/mol. The SMILES string of the molecule is COc1ccc(C2(CO)CC(=C3SCCCS3)C2)cc1OC1CCCC1. The molecule has 2 saturated carbocycles. The second-order valence-corrected chi connectivity index (χ2v) is 10.1. The van der Waals surface area contributed by atoms with Gasteiger partial charge in [0.25, 0.3) is 0 Å². The minimum Gasteiger partial charge on any atom is -0.493 e. The normalized spacial score (nSPS) is 26.7. The number of benzene rings is 1. The molecule has 1 N–H and O–H groups in total. The van der Waals surface area contributed by atoms with Crippen molar-refractivity contribution in [3.8, 4) is 11.5 Å². The van der Waals surface area contributed by atoms with Crippen molar-refractivity contribution in [1.82, 2.24) is 0 Å². The van der Waals surface area contributed by atoms with Gasteiger partial charge in [0, 0.05) is 9.65 Å². The maximum atomic E-state index is 10.2. The largest absolute Gasteiger partial charge is 0.493 e. The highest BCUT2D eigenvalue weighted by molar-refractivity contribution is 8.22. The molecule has 0 aromatic heterocycles. The summed E-state index contributed by atoms with van der Waals surface area (Å²) in [4.78, 5) is 0. The number of rotatable bonds is 5. The third-order valence-corrected chi connectivity index (χ3v) is 8.62. The maximum Gasteiger partial charge on any atom is 0.161 e. The van der Waals surface area contributed by atoms with Crippen LogP contribution in [0.2, 0.25) is 0 Å². The zero-order chi connectivity index (χ0) is 18.0. The van der Waals surface area contributed by atoms with E-state index in [9.17, 15) is 5.11 Å². The van der Waals surface area contributed by atoms with Crippen LogP contribution in [-0.2, 0) is 5.41 Å². The van der Waals surface area contributed by atoms with Gasteiger partial charge in [-0.15, -0.1) is 23.5 Å². The number of aliphatic hydroxyl groups excluding tert-OH is 1. The highest BCUT2D eigenvalue weighted by Crippen LogP contribution is 2.54. The van der Waals surface area contributed by atoms with Crippen molar-refractivity contribution in [3.05, 3.63) is 33.6 Å². The van der Waals surface area contributed by atoms with Crippen LogP contribution in [0.15, 0.2) is 28.0 Å². The molecule has 4 rings (SSSR count). The quantitative estimate of drug-likeness (QED) is 0.753. The van der Waals surface area contributed by atoms with Gasteiger partial charge >= 0.3 is 0 Å². The molecule has 0 radical (unpaired) electrons. The predicted molar refractivity (Wildman–Crippen MR) is 110 cm³/mol. The molecule has 3 aliphatic rings. The minimum atomic E-state index is -0.152. The van der Waals surface area contributed by atoms with Gasteiger partial charge in [-0.2, -0.15) is 0 Å².